The summed E-state index contributed by atoms with van der Waals surface area (Å²) in [5.74, 6) is -1.15. The smallest absolute Gasteiger partial charge is 0.416 e. The lowest BCUT2D eigenvalue weighted by Gasteiger charge is -2.13. The third-order valence-corrected chi connectivity index (χ3v) is 2.75. The van der Waals surface area contributed by atoms with Crippen LogP contribution in [0.5, 0.6) is 0 Å². The number of alkyl halides is 3. The molecule has 0 aromatic heterocycles. The summed E-state index contributed by atoms with van der Waals surface area (Å²) in [4.78, 5) is 22.2. The van der Waals surface area contributed by atoms with Crippen molar-refractivity contribution in [3.63, 3.8) is 0 Å². The van der Waals surface area contributed by atoms with Gasteiger partial charge >= 0.3 is 18.2 Å². The molecule has 1 rings (SSSR count). The maximum Gasteiger partial charge on any atom is 0.416 e. The van der Waals surface area contributed by atoms with Crippen molar-refractivity contribution in [2.24, 2.45) is 0 Å². The SMILES string of the molecule is CC[C@H](NC(=O)NCc1ccc(C(F)(F)F)cc1)C(=O)O. The van der Waals surface area contributed by atoms with Crippen LogP contribution < -0.4 is 10.6 Å². The van der Waals surface area contributed by atoms with Crippen molar-refractivity contribution in [2.75, 3.05) is 0 Å². The Morgan fingerprint density at radius 1 is 1.24 bits per heavy atom. The number of urea groups is 1. The number of aliphatic carboxylic acids is 1. The molecule has 1 atom stereocenters. The zero-order valence-electron chi connectivity index (χ0n) is 11.2. The molecule has 0 saturated carbocycles. The van der Waals surface area contributed by atoms with Crippen molar-refractivity contribution in [1.82, 2.24) is 10.6 Å². The van der Waals surface area contributed by atoms with E-state index in [1.54, 1.807) is 6.92 Å². The molecule has 8 heteroatoms. The van der Waals surface area contributed by atoms with Crippen molar-refractivity contribution in [3.05, 3.63) is 35.4 Å². The summed E-state index contributed by atoms with van der Waals surface area (Å²) in [5.41, 5.74) is -0.297. The molecule has 0 aliphatic carbocycles. The molecule has 0 saturated heterocycles. The Kier molecular flexibility index (Phi) is 5.57. The lowest BCUT2D eigenvalue weighted by atomic mass is 10.1. The van der Waals surface area contributed by atoms with Crippen molar-refractivity contribution in [2.45, 2.75) is 32.1 Å². The standard InChI is InChI=1S/C13H15F3N2O3/c1-2-10(11(19)20)18-12(21)17-7-8-3-5-9(6-4-8)13(14,15)16/h3-6,10H,2,7H2,1H3,(H,19,20)(H2,17,18,21)/t10-/m0/s1. The minimum atomic E-state index is -4.40. The highest BCUT2D eigenvalue weighted by Crippen LogP contribution is 2.28. The molecule has 3 N–H and O–H groups in total. The van der Waals surface area contributed by atoms with Crippen molar-refractivity contribution >= 4 is 12.0 Å². The summed E-state index contributed by atoms with van der Waals surface area (Å²) in [6.07, 6.45) is -4.18. The fourth-order valence-electron chi connectivity index (χ4n) is 1.54. The molecule has 2 amide bonds. The molecule has 0 aliphatic rings. The lowest BCUT2D eigenvalue weighted by Crippen LogP contribution is -2.45. The highest BCUT2D eigenvalue weighted by atomic mass is 19.4. The highest BCUT2D eigenvalue weighted by Gasteiger charge is 2.29. The Hall–Kier alpha value is -2.25. The summed E-state index contributed by atoms with van der Waals surface area (Å²) in [5, 5.41) is 13.4. The van der Waals surface area contributed by atoms with Gasteiger partial charge in [-0.05, 0) is 24.1 Å². The molecule has 1 aromatic carbocycles. The van der Waals surface area contributed by atoms with E-state index in [0.29, 0.717) is 5.56 Å². The van der Waals surface area contributed by atoms with Crippen LogP contribution in [0.15, 0.2) is 24.3 Å². The van der Waals surface area contributed by atoms with Crippen LogP contribution in [-0.2, 0) is 17.5 Å². The Labute approximate surface area is 119 Å². The monoisotopic (exact) mass is 304 g/mol. The van der Waals surface area contributed by atoms with E-state index in [2.05, 4.69) is 10.6 Å². The molecule has 1 aromatic rings. The average molecular weight is 304 g/mol. The van der Waals surface area contributed by atoms with Gasteiger partial charge in [0.05, 0.1) is 5.56 Å². The van der Waals surface area contributed by atoms with Crippen LogP contribution in [0.2, 0.25) is 0 Å². The minimum Gasteiger partial charge on any atom is -0.480 e. The first-order valence-corrected chi connectivity index (χ1v) is 6.17. The van der Waals surface area contributed by atoms with Gasteiger partial charge in [0.2, 0.25) is 0 Å². The van der Waals surface area contributed by atoms with E-state index in [0.717, 1.165) is 12.1 Å². The second-order valence-electron chi connectivity index (χ2n) is 4.32. The Morgan fingerprint density at radius 2 is 1.81 bits per heavy atom. The molecule has 0 aliphatic heterocycles. The summed E-state index contributed by atoms with van der Waals surface area (Å²) < 4.78 is 37.1. The van der Waals surface area contributed by atoms with Crippen molar-refractivity contribution in [3.8, 4) is 0 Å². The average Bonchev–Trinajstić information content (AvgIpc) is 2.41. The van der Waals surface area contributed by atoms with Gasteiger partial charge in [-0.1, -0.05) is 19.1 Å². The summed E-state index contributed by atoms with van der Waals surface area (Å²) in [7, 11) is 0. The second kappa shape index (κ2) is 6.96. The zero-order chi connectivity index (χ0) is 16.0. The molecule has 0 spiro atoms. The van der Waals surface area contributed by atoms with Gasteiger partial charge in [-0.2, -0.15) is 13.2 Å². The van der Waals surface area contributed by atoms with Gasteiger partial charge in [-0.25, -0.2) is 9.59 Å². The van der Waals surface area contributed by atoms with E-state index in [-0.39, 0.29) is 13.0 Å². The summed E-state index contributed by atoms with van der Waals surface area (Å²) in [6.45, 7) is 1.61. The number of amides is 2. The van der Waals surface area contributed by atoms with E-state index in [9.17, 15) is 22.8 Å². The topological polar surface area (TPSA) is 78.4 Å². The maximum absolute atomic E-state index is 12.4. The van der Waals surface area contributed by atoms with Crippen LogP contribution >= 0.6 is 0 Å². The number of halogens is 3. The first-order chi connectivity index (χ1) is 9.74. The van der Waals surface area contributed by atoms with Gasteiger partial charge in [0.25, 0.3) is 0 Å². The number of carboxylic acids is 1. The molecule has 5 nitrogen and oxygen atoms in total. The second-order valence-corrected chi connectivity index (χ2v) is 4.32. The molecular weight excluding hydrogens is 289 g/mol. The number of hydrogen-bond acceptors (Lipinski definition) is 2. The van der Waals surface area contributed by atoms with Gasteiger partial charge in [0.15, 0.2) is 0 Å². The Morgan fingerprint density at radius 3 is 2.24 bits per heavy atom. The van der Waals surface area contributed by atoms with Crippen LogP contribution in [0.1, 0.15) is 24.5 Å². The van der Waals surface area contributed by atoms with E-state index >= 15 is 0 Å². The normalized spacial score (nSPS) is 12.6. The van der Waals surface area contributed by atoms with Gasteiger partial charge < -0.3 is 15.7 Å². The Balaban J connectivity index is 2.52. The zero-order valence-corrected chi connectivity index (χ0v) is 11.2. The molecular formula is C13H15F3N2O3. The van der Waals surface area contributed by atoms with Crippen LogP contribution in [-0.4, -0.2) is 23.1 Å². The van der Waals surface area contributed by atoms with E-state index in [1.807, 2.05) is 0 Å². The Bertz CT molecular complexity index is 500. The predicted octanol–water partition coefficient (Wildman–Crippen LogP) is 2.37. The molecule has 0 bridgehead atoms. The molecule has 116 valence electrons. The molecule has 0 fully saturated rings. The fourth-order valence-corrected chi connectivity index (χ4v) is 1.54. The third-order valence-electron chi connectivity index (χ3n) is 2.75. The number of rotatable bonds is 5. The largest absolute Gasteiger partial charge is 0.480 e. The quantitative estimate of drug-likeness (QED) is 0.781. The van der Waals surface area contributed by atoms with Crippen molar-refractivity contribution < 1.29 is 27.9 Å². The van der Waals surface area contributed by atoms with Crippen LogP contribution in [0.4, 0.5) is 18.0 Å². The molecule has 0 heterocycles. The highest BCUT2D eigenvalue weighted by molar-refractivity contribution is 5.82. The van der Waals surface area contributed by atoms with Gasteiger partial charge in [-0.3, -0.25) is 0 Å². The van der Waals surface area contributed by atoms with Crippen molar-refractivity contribution in [1.29, 1.82) is 0 Å². The first-order valence-electron chi connectivity index (χ1n) is 6.17. The van der Waals surface area contributed by atoms with E-state index < -0.39 is 29.8 Å². The predicted molar refractivity (Wildman–Crippen MR) is 68.5 cm³/mol. The van der Waals surface area contributed by atoms with Crippen LogP contribution in [0.25, 0.3) is 0 Å². The minimum absolute atomic E-state index is 0.0000236. The van der Waals surface area contributed by atoms with Crippen LogP contribution in [0, 0.1) is 0 Å². The molecule has 0 radical (unpaired) electrons. The number of benzene rings is 1. The number of carboxylic acid groups (broad SMARTS) is 1. The van der Waals surface area contributed by atoms with Gasteiger partial charge in [0, 0.05) is 6.54 Å². The van der Waals surface area contributed by atoms with E-state index in [4.69, 9.17) is 5.11 Å². The van der Waals surface area contributed by atoms with Gasteiger partial charge in [0.1, 0.15) is 6.04 Å². The number of carbonyl (C=O) groups excluding carboxylic acids is 1. The number of hydrogen-bond donors (Lipinski definition) is 3. The van der Waals surface area contributed by atoms with Crippen LogP contribution in [0.3, 0.4) is 0 Å². The lowest BCUT2D eigenvalue weighted by molar-refractivity contribution is -0.139. The number of carbonyl (C=O) groups is 2. The summed E-state index contributed by atoms with van der Waals surface area (Å²) in [6, 6.07) is 2.64. The summed E-state index contributed by atoms with van der Waals surface area (Å²) >= 11 is 0. The van der Waals surface area contributed by atoms with Gasteiger partial charge in [-0.15, -0.1) is 0 Å². The third kappa shape index (κ3) is 5.33. The first kappa shape index (κ1) is 16.8. The number of nitrogens with one attached hydrogen (secondary N) is 2. The maximum atomic E-state index is 12.4. The molecule has 21 heavy (non-hydrogen) atoms. The fraction of sp³-hybridized carbons (Fsp3) is 0.385. The molecule has 0 unspecified atom stereocenters. The van der Waals surface area contributed by atoms with E-state index in [1.165, 1.54) is 12.1 Å².